The number of nitrogens with one attached hydrogen (secondary N) is 1. The summed E-state index contributed by atoms with van der Waals surface area (Å²) in [4.78, 5) is 11.1. The van der Waals surface area contributed by atoms with E-state index in [2.05, 4.69) is 20.2 Å². The van der Waals surface area contributed by atoms with E-state index < -0.39 is 0 Å². The lowest BCUT2D eigenvalue weighted by Crippen LogP contribution is -2.39. The monoisotopic (exact) mass is 347 g/mol. The molecule has 1 aromatic heterocycles. The first-order valence-corrected chi connectivity index (χ1v) is 9.25. The Morgan fingerprint density at radius 1 is 1.40 bits per heavy atom. The zero-order chi connectivity index (χ0) is 17.3. The van der Waals surface area contributed by atoms with Gasteiger partial charge in [0.25, 0.3) is 0 Å². The van der Waals surface area contributed by atoms with Crippen molar-refractivity contribution in [2.75, 3.05) is 39.4 Å². The van der Waals surface area contributed by atoms with E-state index >= 15 is 0 Å². The summed E-state index contributed by atoms with van der Waals surface area (Å²) in [6.45, 7) is 6.17. The zero-order valence-electron chi connectivity index (χ0n) is 14.8. The van der Waals surface area contributed by atoms with Crippen molar-refractivity contribution in [2.45, 2.75) is 38.3 Å². The van der Waals surface area contributed by atoms with Gasteiger partial charge in [0, 0.05) is 31.9 Å². The highest BCUT2D eigenvalue weighted by atomic mass is 16.5. The van der Waals surface area contributed by atoms with Crippen LogP contribution in [0.5, 0.6) is 5.88 Å². The van der Waals surface area contributed by atoms with Gasteiger partial charge < -0.3 is 20.5 Å². The summed E-state index contributed by atoms with van der Waals surface area (Å²) in [6.07, 6.45) is 6.67. The first-order valence-electron chi connectivity index (χ1n) is 9.25. The van der Waals surface area contributed by atoms with Crippen molar-refractivity contribution in [3.8, 4) is 5.88 Å². The fourth-order valence-corrected chi connectivity index (χ4v) is 2.85. The number of nitrogens with two attached hydrogens (primary N) is 1. The molecule has 0 atom stereocenters. The summed E-state index contributed by atoms with van der Waals surface area (Å²) in [6, 6.07) is 3.90. The number of aliphatic imine (C=N–C) groups is 1. The minimum Gasteiger partial charge on any atom is -0.474 e. The number of nitrogens with zero attached hydrogens (tertiary/aromatic N) is 3. The fourth-order valence-electron chi connectivity index (χ4n) is 2.85. The molecule has 2 fully saturated rings. The average molecular weight is 347 g/mol. The van der Waals surface area contributed by atoms with Crippen LogP contribution in [-0.4, -0.2) is 61.3 Å². The molecular weight excluding hydrogens is 318 g/mol. The second-order valence-electron chi connectivity index (χ2n) is 6.61. The lowest BCUT2D eigenvalue weighted by Gasteiger charge is -2.26. The van der Waals surface area contributed by atoms with E-state index in [-0.39, 0.29) is 0 Å². The topological polar surface area (TPSA) is 85.0 Å². The number of hydrogen-bond acceptors (Lipinski definition) is 5. The molecule has 1 aliphatic carbocycles. The summed E-state index contributed by atoms with van der Waals surface area (Å²) in [5.41, 5.74) is 7.01. The van der Waals surface area contributed by atoms with E-state index in [1.807, 2.05) is 12.1 Å². The molecule has 1 aromatic rings. The van der Waals surface area contributed by atoms with Crippen molar-refractivity contribution in [2.24, 2.45) is 10.7 Å². The predicted octanol–water partition coefficient (Wildman–Crippen LogP) is 1.14. The number of hydrogen-bond donors (Lipinski definition) is 2. The quantitative estimate of drug-likeness (QED) is 0.417. The van der Waals surface area contributed by atoms with Gasteiger partial charge in [0.15, 0.2) is 5.96 Å². The summed E-state index contributed by atoms with van der Waals surface area (Å²) in [7, 11) is 0. The third kappa shape index (κ3) is 6.17. The van der Waals surface area contributed by atoms with Crippen LogP contribution in [0.25, 0.3) is 0 Å². The molecule has 3 N–H and O–H groups in total. The van der Waals surface area contributed by atoms with Crippen LogP contribution >= 0.6 is 0 Å². The van der Waals surface area contributed by atoms with Gasteiger partial charge in [-0.25, -0.2) is 9.98 Å². The SMILES string of the molecule is NC(=NCc1ccnc(OC2CCC2)c1)NCCCN1CCOCC1. The van der Waals surface area contributed by atoms with Crippen molar-refractivity contribution < 1.29 is 9.47 Å². The highest BCUT2D eigenvalue weighted by Gasteiger charge is 2.19. The maximum atomic E-state index is 5.95. The van der Waals surface area contributed by atoms with Gasteiger partial charge in [-0.2, -0.15) is 0 Å². The Kier molecular flexibility index (Phi) is 6.88. The normalized spacial score (nSPS) is 19.4. The van der Waals surface area contributed by atoms with Crippen LogP contribution in [0.3, 0.4) is 0 Å². The second-order valence-corrected chi connectivity index (χ2v) is 6.61. The maximum absolute atomic E-state index is 5.95. The van der Waals surface area contributed by atoms with Crippen LogP contribution in [0, 0.1) is 0 Å². The van der Waals surface area contributed by atoms with E-state index in [0.29, 0.717) is 24.5 Å². The molecule has 3 rings (SSSR count). The third-order valence-corrected chi connectivity index (χ3v) is 4.63. The Morgan fingerprint density at radius 2 is 2.24 bits per heavy atom. The molecule has 0 aromatic carbocycles. The van der Waals surface area contributed by atoms with Gasteiger partial charge >= 0.3 is 0 Å². The van der Waals surface area contributed by atoms with Crippen LogP contribution in [0.2, 0.25) is 0 Å². The molecular formula is C18H29N5O2. The molecule has 0 bridgehead atoms. The van der Waals surface area contributed by atoms with Gasteiger partial charge in [-0.15, -0.1) is 0 Å². The van der Waals surface area contributed by atoms with Gasteiger partial charge in [-0.1, -0.05) is 0 Å². The molecule has 0 spiro atoms. The molecule has 2 heterocycles. The van der Waals surface area contributed by atoms with Gasteiger partial charge in [0.2, 0.25) is 5.88 Å². The van der Waals surface area contributed by atoms with Gasteiger partial charge in [-0.05, 0) is 43.9 Å². The van der Waals surface area contributed by atoms with E-state index in [4.69, 9.17) is 15.2 Å². The van der Waals surface area contributed by atoms with Crippen LogP contribution in [0.15, 0.2) is 23.3 Å². The summed E-state index contributed by atoms with van der Waals surface area (Å²) < 4.78 is 11.2. The number of rotatable bonds is 8. The molecule has 2 aliphatic rings. The highest BCUT2D eigenvalue weighted by Crippen LogP contribution is 2.24. The lowest BCUT2D eigenvalue weighted by molar-refractivity contribution is 0.0376. The Bertz CT molecular complexity index is 556. The molecule has 1 saturated carbocycles. The molecule has 0 unspecified atom stereocenters. The smallest absolute Gasteiger partial charge is 0.213 e. The fraction of sp³-hybridized carbons (Fsp3) is 0.667. The zero-order valence-corrected chi connectivity index (χ0v) is 14.8. The molecule has 138 valence electrons. The molecule has 1 saturated heterocycles. The van der Waals surface area contributed by atoms with Crippen molar-refractivity contribution in [3.05, 3.63) is 23.9 Å². The van der Waals surface area contributed by atoms with Gasteiger partial charge in [0.05, 0.1) is 19.8 Å². The maximum Gasteiger partial charge on any atom is 0.213 e. The number of pyridine rings is 1. The average Bonchev–Trinajstić information content (AvgIpc) is 2.61. The molecule has 0 radical (unpaired) electrons. The molecule has 1 aliphatic heterocycles. The van der Waals surface area contributed by atoms with E-state index in [0.717, 1.165) is 64.2 Å². The van der Waals surface area contributed by atoms with Crippen LogP contribution in [0.4, 0.5) is 0 Å². The Hall–Kier alpha value is -1.86. The number of aromatic nitrogens is 1. The summed E-state index contributed by atoms with van der Waals surface area (Å²) in [5, 5.41) is 3.18. The van der Waals surface area contributed by atoms with Crippen molar-refractivity contribution in [3.63, 3.8) is 0 Å². The van der Waals surface area contributed by atoms with Crippen LogP contribution in [-0.2, 0) is 11.3 Å². The molecule has 25 heavy (non-hydrogen) atoms. The van der Waals surface area contributed by atoms with Gasteiger partial charge in [-0.3, -0.25) is 4.90 Å². The number of guanidine groups is 1. The molecule has 7 heteroatoms. The number of morpholine rings is 1. The predicted molar refractivity (Wildman–Crippen MR) is 97.7 cm³/mol. The van der Waals surface area contributed by atoms with E-state index in [1.54, 1.807) is 6.20 Å². The van der Waals surface area contributed by atoms with Crippen molar-refractivity contribution in [1.82, 2.24) is 15.2 Å². The Morgan fingerprint density at radius 3 is 3.00 bits per heavy atom. The van der Waals surface area contributed by atoms with Crippen LogP contribution < -0.4 is 15.8 Å². The van der Waals surface area contributed by atoms with Gasteiger partial charge in [0.1, 0.15) is 6.10 Å². The summed E-state index contributed by atoms with van der Waals surface area (Å²) in [5.74, 6) is 1.18. The standard InChI is InChI=1S/C18H29N5O2/c19-18(21-6-2-8-23-9-11-24-12-10-23)22-14-15-5-7-20-17(13-15)25-16-3-1-4-16/h5,7,13,16H,1-4,6,8-12,14H2,(H3,19,21,22). The Labute approximate surface area is 149 Å². The lowest BCUT2D eigenvalue weighted by atomic mass is 9.96. The molecule has 7 nitrogen and oxygen atoms in total. The third-order valence-electron chi connectivity index (χ3n) is 4.63. The minimum absolute atomic E-state index is 0.337. The summed E-state index contributed by atoms with van der Waals surface area (Å²) >= 11 is 0. The van der Waals surface area contributed by atoms with E-state index in [1.165, 1.54) is 6.42 Å². The van der Waals surface area contributed by atoms with Crippen molar-refractivity contribution >= 4 is 5.96 Å². The Balaban J connectivity index is 1.35. The highest BCUT2D eigenvalue weighted by molar-refractivity contribution is 5.77. The van der Waals surface area contributed by atoms with Crippen LogP contribution in [0.1, 0.15) is 31.2 Å². The minimum atomic E-state index is 0.337. The van der Waals surface area contributed by atoms with Crippen molar-refractivity contribution in [1.29, 1.82) is 0 Å². The molecule has 0 amide bonds. The van der Waals surface area contributed by atoms with E-state index in [9.17, 15) is 0 Å². The first-order chi connectivity index (χ1) is 12.3. The second kappa shape index (κ2) is 9.58. The largest absolute Gasteiger partial charge is 0.474 e. The first kappa shape index (κ1) is 17.9. The number of ether oxygens (including phenoxy) is 2.